The summed E-state index contributed by atoms with van der Waals surface area (Å²) in [4.78, 5) is 64.2. The molecule has 336 valence electrons. The van der Waals surface area contributed by atoms with Gasteiger partial charge in [0.15, 0.2) is 0 Å². The van der Waals surface area contributed by atoms with Gasteiger partial charge < -0.3 is 29.7 Å². The average Bonchev–Trinajstić information content (AvgIpc) is 4.08. The zero-order valence-electron chi connectivity index (χ0n) is 35.2. The van der Waals surface area contributed by atoms with Crippen molar-refractivity contribution in [2.45, 2.75) is 113 Å². The number of anilines is 1. The zero-order valence-corrected chi connectivity index (χ0v) is 36.0. The topological polar surface area (TPSA) is 188 Å². The Morgan fingerprint density at radius 3 is 2.39 bits per heavy atom. The molecule has 0 bridgehead atoms. The Morgan fingerprint density at radius 1 is 1.11 bits per heavy atom. The number of carboxylic acid groups (broad SMARTS) is 1. The molecule has 2 saturated carbocycles. The minimum absolute atomic E-state index is 0.000749. The van der Waals surface area contributed by atoms with Gasteiger partial charge in [0.2, 0.25) is 27.7 Å². The number of nitrogens with one attached hydrogen (secondary N) is 2. The summed E-state index contributed by atoms with van der Waals surface area (Å²) in [5.74, 6) is -3.94. The molecule has 1 aromatic carbocycles. The molecule has 4 amide bonds. The van der Waals surface area contributed by atoms with Crippen molar-refractivity contribution in [3.05, 3.63) is 36.4 Å². The van der Waals surface area contributed by atoms with Crippen molar-refractivity contribution in [3.8, 4) is 11.6 Å². The molecule has 3 N–H and O–H groups in total. The van der Waals surface area contributed by atoms with E-state index in [4.69, 9.17) is 9.47 Å². The molecule has 0 unspecified atom stereocenters. The van der Waals surface area contributed by atoms with Crippen LogP contribution in [0.1, 0.15) is 72.6 Å². The van der Waals surface area contributed by atoms with E-state index in [2.05, 4.69) is 10.3 Å². The fourth-order valence-electron chi connectivity index (χ4n) is 8.53. The molecule has 15 nitrogen and oxygen atoms in total. The van der Waals surface area contributed by atoms with Crippen molar-refractivity contribution < 1.29 is 59.7 Å². The number of benzene rings is 1. The Morgan fingerprint density at radius 2 is 1.80 bits per heavy atom. The first-order valence-corrected chi connectivity index (χ1v) is 21.7. The molecule has 2 aromatic rings. The number of fused-ring (bicyclic) bond motifs is 3. The van der Waals surface area contributed by atoms with E-state index in [1.807, 2.05) is 11.6 Å². The number of nitrogens with zero attached hydrogens (tertiary/aromatic N) is 4. The molecule has 0 spiro atoms. The zero-order chi connectivity index (χ0) is 45.0. The van der Waals surface area contributed by atoms with Gasteiger partial charge >= 0.3 is 12.3 Å². The summed E-state index contributed by atoms with van der Waals surface area (Å²) in [6.45, 7) is 3.05. The second-order valence-electron chi connectivity index (χ2n) is 17.7. The van der Waals surface area contributed by atoms with E-state index < -0.39 is 99.1 Å². The lowest BCUT2D eigenvalue weighted by Gasteiger charge is -2.45. The van der Waals surface area contributed by atoms with E-state index in [-0.39, 0.29) is 48.8 Å². The molecule has 1 aromatic heterocycles. The number of amides is 4. The Labute approximate surface area is 352 Å². The lowest BCUT2D eigenvalue weighted by molar-refractivity contribution is -0.222. The van der Waals surface area contributed by atoms with E-state index in [9.17, 15) is 45.5 Å². The van der Waals surface area contributed by atoms with E-state index >= 15 is 4.79 Å². The van der Waals surface area contributed by atoms with Gasteiger partial charge in [0.05, 0.1) is 13.7 Å². The molecule has 61 heavy (non-hydrogen) atoms. The van der Waals surface area contributed by atoms with Crippen LogP contribution in [0.4, 0.5) is 28.2 Å². The maximum atomic E-state index is 15.1. The van der Waals surface area contributed by atoms with E-state index in [0.29, 0.717) is 49.0 Å². The van der Waals surface area contributed by atoms with Crippen LogP contribution >= 0.6 is 0 Å². The minimum Gasteiger partial charge on any atom is -0.497 e. The summed E-state index contributed by atoms with van der Waals surface area (Å²) in [5, 5.41) is 14.4. The monoisotopic (exact) mass is 882 g/mol. The summed E-state index contributed by atoms with van der Waals surface area (Å²) in [6, 6.07) is 3.45. The van der Waals surface area contributed by atoms with Crippen molar-refractivity contribution >= 4 is 50.4 Å². The third-order valence-electron chi connectivity index (χ3n) is 12.7. The number of pyridine rings is 1. The Hall–Kier alpha value is -4.88. The molecule has 3 heterocycles. The summed E-state index contributed by atoms with van der Waals surface area (Å²) in [7, 11) is 0.502. The molecule has 6 rings (SSSR count). The van der Waals surface area contributed by atoms with Crippen molar-refractivity contribution in [1.29, 1.82) is 0 Å². The summed E-state index contributed by atoms with van der Waals surface area (Å²) in [5.41, 5.74) is -4.92. The lowest BCUT2D eigenvalue weighted by atomic mass is 9.85. The second-order valence-corrected chi connectivity index (χ2v) is 19.8. The number of rotatable bonds is 10. The predicted molar refractivity (Wildman–Crippen MR) is 216 cm³/mol. The van der Waals surface area contributed by atoms with E-state index in [1.54, 1.807) is 55.4 Å². The van der Waals surface area contributed by atoms with Crippen LogP contribution in [0.2, 0.25) is 0 Å². The third-order valence-corrected chi connectivity index (χ3v) is 14.8. The molecular weight excluding hydrogens is 829 g/mol. The molecule has 4 aliphatic rings. The maximum Gasteiger partial charge on any atom is 0.411 e. The number of methoxy groups -OCH3 is 1. The SMILES string of the molecule is COc1ccc2c(O[C@@H]3C[C@H]4C(=O)N[C@]5(C(=O)NS(=O)(=O)C6(CF)CC6)C[C@H]5/C=C\CC[C@@H](C)C[C@@H](C)[C@H](N(C(=O)O)C(C)(C)C(F)(F)F)C(=O)N4C3)nc(N(C)C)cc2c1. The average molecular weight is 883 g/mol. The maximum absolute atomic E-state index is 15.1. The van der Waals surface area contributed by atoms with Crippen LogP contribution in [0.5, 0.6) is 11.6 Å². The first kappa shape index (κ1) is 45.6. The summed E-state index contributed by atoms with van der Waals surface area (Å²) < 4.78 is 96.8. The second kappa shape index (κ2) is 16.4. The number of hydrogen-bond acceptors (Lipinski definition) is 10. The molecular formula is C41H54F4N6O9S. The van der Waals surface area contributed by atoms with Gasteiger partial charge in [-0.2, -0.15) is 18.2 Å². The Balaban J connectivity index is 1.45. The van der Waals surface area contributed by atoms with Gasteiger partial charge in [-0.05, 0) is 93.9 Å². The largest absolute Gasteiger partial charge is 0.497 e. The molecule has 7 atom stereocenters. The normalized spacial score (nSPS) is 28.6. The summed E-state index contributed by atoms with van der Waals surface area (Å²) in [6.07, 6.45) is -4.05. The van der Waals surface area contributed by atoms with Gasteiger partial charge in [0.25, 0.3) is 5.91 Å². The lowest BCUT2D eigenvalue weighted by Crippen LogP contribution is -2.66. The van der Waals surface area contributed by atoms with Crippen LogP contribution in [-0.2, 0) is 24.4 Å². The molecule has 2 aliphatic carbocycles. The number of hydrogen-bond donors (Lipinski definition) is 3. The first-order valence-electron chi connectivity index (χ1n) is 20.3. The standard InChI is InChI=1S/C41H54F4N6O9S/c1-23-10-8-9-11-26-20-40(26,36(54)48-61(57,58)39(22-42)14-15-39)47-33(52)30-19-28(60-34-29-13-12-27(59-7)17-25(29)18-31(46-34)49(5)6)21-50(30)35(53)32(24(2)16-23)51(37(55)56)38(3,4)41(43,44)45/h9,11-13,17-18,23-24,26,28,30,32H,8,10,14-16,19-22H2,1-7H3,(H,47,52)(H,48,54)(H,55,56)/b11-9-/t23-,24-,26-,28-,30+,32+,40-/m1/s1. The van der Waals surface area contributed by atoms with Gasteiger partial charge in [0.1, 0.15) is 52.3 Å². The number of carbonyl (C=O) groups excluding carboxylic acids is 3. The fraction of sp³-hybridized carbons (Fsp3) is 0.634. The highest BCUT2D eigenvalue weighted by atomic mass is 32.2. The molecule has 1 saturated heterocycles. The highest BCUT2D eigenvalue weighted by molar-refractivity contribution is 7.91. The number of sulfonamides is 1. The molecule has 0 radical (unpaired) electrons. The van der Waals surface area contributed by atoms with Crippen LogP contribution in [0.25, 0.3) is 10.8 Å². The third kappa shape index (κ3) is 8.65. The van der Waals surface area contributed by atoms with Crippen molar-refractivity contribution in [3.63, 3.8) is 0 Å². The van der Waals surface area contributed by atoms with Crippen LogP contribution in [0, 0.1) is 17.8 Å². The number of halogens is 4. The van der Waals surface area contributed by atoms with E-state index in [0.717, 1.165) is 4.90 Å². The van der Waals surface area contributed by atoms with Gasteiger partial charge in [-0.3, -0.25) is 24.0 Å². The molecule has 20 heteroatoms. The first-order chi connectivity index (χ1) is 28.4. The van der Waals surface area contributed by atoms with Crippen molar-refractivity contribution in [2.75, 3.05) is 39.3 Å². The quantitative estimate of drug-likeness (QED) is 0.211. The summed E-state index contributed by atoms with van der Waals surface area (Å²) >= 11 is 0. The van der Waals surface area contributed by atoms with Crippen LogP contribution in [0.3, 0.4) is 0 Å². The number of alkyl halides is 4. The van der Waals surface area contributed by atoms with Gasteiger partial charge in [-0.25, -0.2) is 17.6 Å². The Kier molecular flexibility index (Phi) is 12.3. The smallest absolute Gasteiger partial charge is 0.411 e. The fourth-order valence-corrected chi connectivity index (χ4v) is 9.96. The van der Waals surface area contributed by atoms with Gasteiger partial charge in [-0.15, -0.1) is 0 Å². The highest BCUT2D eigenvalue weighted by Gasteiger charge is 2.64. The van der Waals surface area contributed by atoms with Crippen LogP contribution in [0.15, 0.2) is 36.4 Å². The number of ether oxygens (including phenoxy) is 2. The number of allylic oxidation sites excluding steroid dienone is 1. The van der Waals surface area contributed by atoms with Crippen molar-refractivity contribution in [1.82, 2.24) is 24.8 Å². The minimum atomic E-state index is -5.12. The number of aromatic nitrogens is 1. The highest BCUT2D eigenvalue weighted by Crippen LogP contribution is 2.48. The van der Waals surface area contributed by atoms with Crippen LogP contribution in [-0.4, -0.2) is 127 Å². The van der Waals surface area contributed by atoms with Crippen LogP contribution < -0.4 is 24.4 Å². The molecule has 3 fully saturated rings. The van der Waals surface area contributed by atoms with E-state index in [1.165, 1.54) is 14.0 Å². The molecule has 2 aliphatic heterocycles. The van der Waals surface area contributed by atoms with Crippen molar-refractivity contribution in [2.24, 2.45) is 17.8 Å². The Bertz CT molecular complexity index is 2200. The van der Waals surface area contributed by atoms with Gasteiger partial charge in [-0.1, -0.05) is 26.0 Å². The number of carbonyl (C=O) groups is 4. The predicted octanol–water partition coefficient (Wildman–Crippen LogP) is 5.18. The van der Waals surface area contributed by atoms with Gasteiger partial charge in [0, 0.05) is 31.8 Å².